The quantitative estimate of drug-likeness (QED) is 0.453. The van der Waals surface area contributed by atoms with Crippen molar-refractivity contribution < 1.29 is 4.42 Å². The van der Waals surface area contributed by atoms with Crippen molar-refractivity contribution in [1.82, 2.24) is 9.80 Å². The molecular formula is C28H34N4O. The zero-order valence-electron chi connectivity index (χ0n) is 20.2. The third-order valence-corrected chi connectivity index (χ3v) is 7.77. The molecule has 0 radical (unpaired) electrons. The van der Waals surface area contributed by atoms with Gasteiger partial charge in [-0.1, -0.05) is 26.0 Å². The molecule has 6 rings (SSSR count). The smallest absolute Gasteiger partial charge is 0.159 e. The van der Waals surface area contributed by atoms with E-state index in [-0.39, 0.29) is 0 Å². The molecule has 0 N–H and O–H groups in total. The van der Waals surface area contributed by atoms with Gasteiger partial charge in [-0.3, -0.25) is 0 Å². The van der Waals surface area contributed by atoms with E-state index in [9.17, 15) is 0 Å². The Kier molecular flexibility index (Phi) is 4.65. The Balaban J connectivity index is 1.45. The summed E-state index contributed by atoms with van der Waals surface area (Å²) in [6, 6.07) is 11.5. The molecule has 5 nitrogen and oxygen atoms in total. The van der Waals surface area contributed by atoms with Gasteiger partial charge in [-0.25, -0.2) is 0 Å². The molecule has 0 bridgehead atoms. The van der Waals surface area contributed by atoms with Crippen molar-refractivity contribution in [2.75, 3.05) is 37.2 Å². The molecule has 172 valence electrons. The van der Waals surface area contributed by atoms with Crippen LogP contribution in [0.3, 0.4) is 0 Å². The van der Waals surface area contributed by atoms with Crippen LogP contribution in [0.15, 0.2) is 59.5 Å². The number of hydrogen-bond donors (Lipinski definition) is 0. The number of furan rings is 1. The minimum absolute atomic E-state index is 0.486. The van der Waals surface area contributed by atoms with Crippen LogP contribution in [0.2, 0.25) is 0 Å². The van der Waals surface area contributed by atoms with Gasteiger partial charge in [0.1, 0.15) is 5.58 Å². The van der Waals surface area contributed by atoms with Crippen LogP contribution in [0.5, 0.6) is 0 Å². The molecular weight excluding hydrogens is 408 g/mol. The van der Waals surface area contributed by atoms with Gasteiger partial charge < -0.3 is 24.0 Å². The Morgan fingerprint density at radius 2 is 1.52 bits per heavy atom. The van der Waals surface area contributed by atoms with Crippen LogP contribution in [-0.4, -0.2) is 37.2 Å². The highest BCUT2D eigenvalue weighted by molar-refractivity contribution is 6.10. The lowest BCUT2D eigenvalue weighted by Gasteiger charge is -2.34. The molecule has 3 heterocycles. The Bertz CT molecular complexity index is 1260. The van der Waals surface area contributed by atoms with Crippen LogP contribution in [0, 0.1) is 5.41 Å². The van der Waals surface area contributed by atoms with Gasteiger partial charge in [0.25, 0.3) is 0 Å². The van der Waals surface area contributed by atoms with Crippen LogP contribution in [0.4, 0.5) is 11.4 Å². The molecule has 2 aliphatic heterocycles. The average molecular weight is 443 g/mol. The predicted octanol–water partition coefficient (Wildman–Crippen LogP) is 6.63. The monoisotopic (exact) mass is 442 g/mol. The maximum Gasteiger partial charge on any atom is 0.159 e. The first kappa shape index (κ1) is 20.5. The Morgan fingerprint density at radius 1 is 0.818 bits per heavy atom. The van der Waals surface area contributed by atoms with E-state index >= 15 is 0 Å². The summed E-state index contributed by atoms with van der Waals surface area (Å²) in [7, 11) is 4.21. The fourth-order valence-corrected chi connectivity index (χ4v) is 5.61. The third-order valence-electron chi connectivity index (χ3n) is 7.77. The molecule has 0 saturated heterocycles. The van der Waals surface area contributed by atoms with Crippen molar-refractivity contribution in [2.24, 2.45) is 5.41 Å². The standard InChI is InChI=1S/C28H34N4O/c1-28(2)9-7-20(8-10-28)21-5-6-23-24-16-22(31-13-11-29(3)18-31)17-25(27(24)33-26(23)15-21)32-14-12-30(4)19-32/h5-6,11-17,20H,7-10,18-19H2,1-4H3. The van der Waals surface area contributed by atoms with E-state index in [4.69, 9.17) is 4.42 Å². The number of rotatable bonds is 3. The van der Waals surface area contributed by atoms with Crippen molar-refractivity contribution in [3.8, 4) is 0 Å². The van der Waals surface area contributed by atoms with Gasteiger partial charge in [0, 0.05) is 55.4 Å². The summed E-state index contributed by atoms with van der Waals surface area (Å²) >= 11 is 0. The van der Waals surface area contributed by atoms with E-state index in [1.165, 1.54) is 47.7 Å². The van der Waals surface area contributed by atoms with Gasteiger partial charge in [-0.2, -0.15) is 0 Å². The van der Waals surface area contributed by atoms with Gasteiger partial charge in [0.05, 0.1) is 19.0 Å². The van der Waals surface area contributed by atoms with Gasteiger partial charge in [0.2, 0.25) is 0 Å². The third kappa shape index (κ3) is 3.64. The second kappa shape index (κ2) is 7.47. The van der Waals surface area contributed by atoms with Gasteiger partial charge in [-0.15, -0.1) is 0 Å². The van der Waals surface area contributed by atoms with Crippen LogP contribution >= 0.6 is 0 Å². The summed E-state index contributed by atoms with van der Waals surface area (Å²) in [6.07, 6.45) is 13.7. The molecule has 1 fully saturated rings. The van der Waals surface area contributed by atoms with Crippen molar-refractivity contribution in [3.05, 3.63) is 60.7 Å². The zero-order chi connectivity index (χ0) is 22.7. The largest absolute Gasteiger partial charge is 0.454 e. The van der Waals surface area contributed by atoms with E-state index in [1.54, 1.807) is 0 Å². The second-order valence-corrected chi connectivity index (χ2v) is 11.0. The highest BCUT2D eigenvalue weighted by atomic mass is 16.3. The molecule has 1 aliphatic carbocycles. The van der Waals surface area contributed by atoms with Crippen LogP contribution in [0.1, 0.15) is 51.0 Å². The summed E-state index contributed by atoms with van der Waals surface area (Å²) in [6.45, 7) is 6.50. The van der Waals surface area contributed by atoms with Crippen molar-refractivity contribution in [3.63, 3.8) is 0 Å². The maximum absolute atomic E-state index is 6.60. The van der Waals surface area contributed by atoms with E-state index < -0.39 is 0 Å². The fraction of sp³-hybridized carbons (Fsp3) is 0.429. The molecule has 3 aromatic rings. The summed E-state index contributed by atoms with van der Waals surface area (Å²) in [5.41, 5.74) is 6.23. The fourth-order valence-electron chi connectivity index (χ4n) is 5.61. The lowest BCUT2D eigenvalue weighted by molar-refractivity contribution is 0.224. The first-order chi connectivity index (χ1) is 15.9. The molecule has 0 atom stereocenters. The van der Waals surface area contributed by atoms with Gasteiger partial charge in [0.15, 0.2) is 5.58 Å². The molecule has 1 aromatic heterocycles. The van der Waals surface area contributed by atoms with Crippen molar-refractivity contribution >= 4 is 33.3 Å². The van der Waals surface area contributed by atoms with Crippen LogP contribution in [0.25, 0.3) is 21.9 Å². The molecule has 0 spiro atoms. The number of benzene rings is 2. The van der Waals surface area contributed by atoms with Crippen molar-refractivity contribution in [2.45, 2.75) is 45.4 Å². The summed E-state index contributed by atoms with van der Waals surface area (Å²) < 4.78 is 6.60. The topological polar surface area (TPSA) is 26.1 Å². The zero-order valence-corrected chi connectivity index (χ0v) is 20.2. The summed E-state index contributed by atoms with van der Waals surface area (Å²) in [5.74, 6) is 0.645. The summed E-state index contributed by atoms with van der Waals surface area (Å²) in [4.78, 5) is 8.96. The lowest BCUT2D eigenvalue weighted by atomic mass is 9.71. The molecule has 33 heavy (non-hydrogen) atoms. The minimum atomic E-state index is 0.486. The van der Waals surface area contributed by atoms with E-state index in [1.807, 2.05) is 0 Å². The van der Waals surface area contributed by atoms with E-state index in [0.29, 0.717) is 11.3 Å². The SMILES string of the molecule is CN1C=CN(c2cc(N3C=CN(C)C3)c3oc4cc(C5CCC(C)(C)CC5)ccc4c3c2)C1. The number of hydrogen-bond acceptors (Lipinski definition) is 5. The highest BCUT2D eigenvalue weighted by Gasteiger charge is 2.28. The minimum Gasteiger partial charge on any atom is -0.454 e. The molecule has 3 aliphatic rings. The normalized spacial score (nSPS) is 20.8. The van der Waals surface area contributed by atoms with Crippen LogP contribution in [-0.2, 0) is 0 Å². The predicted molar refractivity (Wildman–Crippen MR) is 137 cm³/mol. The van der Waals surface area contributed by atoms with Gasteiger partial charge in [-0.05, 0) is 60.8 Å². The van der Waals surface area contributed by atoms with Crippen molar-refractivity contribution in [1.29, 1.82) is 0 Å². The Morgan fingerprint density at radius 3 is 2.18 bits per heavy atom. The number of anilines is 2. The Hall–Kier alpha value is -3.08. The number of fused-ring (bicyclic) bond motifs is 3. The maximum atomic E-state index is 6.60. The first-order valence-corrected chi connectivity index (χ1v) is 12.2. The average Bonchev–Trinajstić information content (AvgIpc) is 3.51. The highest BCUT2D eigenvalue weighted by Crippen LogP contribution is 2.45. The number of nitrogens with zero attached hydrogens (tertiary/aromatic N) is 4. The lowest BCUT2D eigenvalue weighted by Crippen LogP contribution is -2.23. The molecule has 0 amide bonds. The first-order valence-electron chi connectivity index (χ1n) is 12.2. The molecule has 2 aromatic carbocycles. The Labute approximate surface area is 196 Å². The molecule has 1 saturated carbocycles. The molecule has 5 heteroatoms. The molecule has 0 unspecified atom stereocenters. The second-order valence-electron chi connectivity index (χ2n) is 11.0. The summed E-state index contributed by atoms with van der Waals surface area (Å²) in [5, 5.41) is 2.40. The van der Waals surface area contributed by atoms with Gasteiger partial charge >= 0.3 is 0 Å². The van der Waals surface area contributed by atoms with E-state index in [0.717, 1.165) is 30.2 Å². The van der Waals surface area contributed by atoms with E-state index in [2.05, 4.69) is 103 Å². The van der Waals surface area contributed by atoms with Crippen LogP contribution < -0.4 is 9.80 Å².